The fraction of sp³-hybridized carbons (Fsp3) is 0.500. The Bertz CT molecular complexity index is 584. The molecule has 1 saturated carbocycles. The van der Waals surface area contributed by atoms with E-state index in [0.29, 0.717) is 0 Å². The monoisotopic (exact) mass is 384 g/mol. The lowest BCUT2D eigenvalue weighted by Gasteiger charge is -1.98. The highest BCUT2D eigenvalue weighted by Gasteiger charge is 2.28. The average molecular weight is 385 g/mol. The molecule has 1 aliphatic carbocycles. The molecular weight excluding hydrogens is 336 g/mol. The molecule has 0 aromatic heterocycles. The largest absolute Gasteiger partial charge is 0.103 e. The Labute approximate surface area is 178 Å². The van der Waals surface area contributed by atoms with Crippen LogP contribution < -0.4 is 0 Å². The maximum atomic E-state index is 3.75. The number of hydrogen-bond donors (Lipinski definition) is 0. The van der Waals surface area contributed by atoms with Crippen LogP contribution in [0.3, 0.4) is 0 Å². The van der Waals surface area contributed by atoms with Crippen LogP contribution in [0.25, 0.3) is 0 Å². The first-order valence-electron chi connectivity index (χ1n) is 10.8. The molecule has 1 fully saturated rings. The smallest absolute Gasteiger partial charge is 0.0207 e. The molecule has 0 nitrogen and oxygen atoms in total. The lowest BCUT2D eigenvalue weighted by molar-refractivity contribution is 0.901. The Kier molecular flexibility index (Phi) is 22.0. The Morgan fingerprint density at radius 3 is 1.71 bits per heavy atom. The van der Waals surface area contributed by atoms with Crippen LogP contribution in [0.1, 0.15) is 78.5 Å². The van der Waals surface area contributed by atoms with Gasteiger partial charge in [0.2, 0.25) is 0 Å². The van der Waals surface area contributed by atoms with Crippen LogP contribution in [0, 0.1) is 32.6 Å². The molecule has 0 N–H and O–H groups in total. The first-order valence-corrected chi connectivity index (χ1v) is 10.8. The van der Waals surface area contributed by atoms with Crippen LogP contribution in [0.15, 0.2) is 66.8 Å². The zero-order valence-electron chi connectivity index (χ0n) is 20.8. The third-order valence-corrected chi connectivity index (χ3v) is 4.22. The third kappa shape index (κ3) is 19.0. The number of hydrogen-bond acceptors (Lipinski definition) is 0. The van der Waals surface area contributed by atoms with Crippen LogP contribution in [-0.2, 0) is 0 Å². The quantitative estimate of drug-likeness (QED) is 0.359. The summed E-state index contributed by atoms with van der Waals surface area (Å²) in [6.07, 6.45) is 9.56. The van der Waals surface area contributed by atoms with E-state index in [1.54, 1.807) is 0 Å². The summed E-state index contributed by atoms with van der Waals surface area (Å²) in [5, 5.41) is 0. The maximum Gasteiger partial charge on any atom is -0.0207 e. The first kappa shape index (κ1) is 30.9. The summed E-state index contributed by atoms with van der Waals surface area (Å²) in [5.74, 6) is 1.81. The fourth-order valence-corrected chi connectivity index (χ4v) is 1.94. The van der Waals surface area contributed by atoms with Crippen molar-refractivity contribution in [1.29, 1.82) is 0 Å². The number of rotatable bonds is 3. The van der Waals surface area contributed by atoms with Crippen molar-refractivity contribution in [1.82, 2.24) is 0 Å². The van der Waals surface area contributed by atoms with Gasteiger partial charge in [-0.15, -0.1) is 6.58 Å². The number of benzene rings is 1. The highest BCUT2D eigenvalue weighted by molar-refractivity contribution is 5.28. The van der Waals surface area contributed by atoms with Gasteiger partial charge in [-0.05, 0) is 70.9 Å². The second-order valence-corrected chi connectivity index (χ2v) is 6.91. The Morgan fingerprint density at radius 2 is 1.46 bits per heavy atom. The standard InChI is InChI=1S/C9H12.C9H14.C6H10.2C2H6/c1-7-4-5-8(2)9(3)6-7;1-5-9(4)7-6-8(2)3;1-3-6-4-5(6)2;2*1-2/h4-6H,1-3H3;5-7H,2H2,1,3-4H3;3,5-6H,1,4H2,2H3;2*1-2H3/b;7-6-,9-5-;;;. The van der Waals surface area contributed by atoms with Crippen LogP contribution >= 0.6 is 0 Å². The summed E-state index contributed by atoms with van der Waals surface area (Å²) in [5.41, 5.74) is 6.47. The Morgan fingerprint density at radius 1 is 0.964 bits per heavy atom. The second kappa shape index (κ2) is 19.9. The van der Waals surface area contributed by atoms with Gasteiger partial charge in [-0.1, -0.05) is 100 Å². The van der Waals surface area contributed by atoms with Gasteiger partial charge in [-0.25, -0.2) is 0 Å². The van der Waals surface area contributed by atoms with E-state index in [4.69, 9.17) is 0 Å². The molecule has 1 aromatic rings. The van der Waals surface area contributed by atoms with E-state index < -0.39 is 0 Å². The van der Waals surface area contributed by atoms with Gasteiger partial charge < -0.3 is 0 Å². The molecule has 2 atom stereocenters. The Balaban J connectivity index is -0.000000311. The summed E-state index contributed by atoms with van der Waals surface area (Å²) in [6, 6.07) is 6.50. The van der Waals surface area contributed by atoms with Crippen molar-refractivity contribution in [3.63, 3.8) is 0 Å². The lowest BCUT2D eigenvalue weighted by atomic mass is 10.1. The topological polar surface area (TPSA) is 0 Å². The van der Waals surface area contributed by atoms with Crippen LogP contribution in [-0.4, -0.2) is 0 Å². The average Bonchev–Trinajstić information content (AvgIpc) is 3.42. The van der Waals surface area contributed by atoms with Gasteiger partial charge in [0, 0.05) is 0 Å². The number of aryl methyl sites for hydroxylation is 3. The minimum Gasteiger partial charge on any atom is -0.103 e. The summed E-state index contributed by atoms with van der Waals surface area (Å²) in [6.45, 7) is 30.1. The van der Waals surface area contributed by atoms with E-state index in [-0.39, 0.29) is 0 Å². The molecule has 0 amide bonds. The molecule has 0 heterocycles. The van der Waals surface area contributed by atoms with Gasteiger partial charge in [-0.3, -0.25) is 0 Å². The minimum atomic E-state index is 0.866. The molecule has 1 aromatic carbocycles. The van der Waals surface area contributed by atoms with E-state index in [9.17, 15) is 0 Å². The van der Waals surface area contributed by atoms with Crippen LogP contribution in [0.2, 0.25) is 0 Å². The molecule has 0 heteroatoms. The molecule has 160 valence electrons. The first-order chi connectivity index (χ1) is 13.2. The van der Waals surface area contributed by atoms with E-state index >= 15 is 0 Å². The highest BCUT2D eigenvalue weighted by atomic mass is 14.3. The third-order valence-electron chi connectivity index (χ3n) is 4.22. The molecule has 2 rings (SSSR count). The normalized spacial score (nSPS) is 16.6. The van der Waals surface area contributed by atoms with Crippen LogP contribution in [0.5, 0.6) is 0 Å². The van der Waals surface area contributed by atoms with Gasteiger partial charge in [-0.2, -0.15) is 0 Å². The second-order valence-electron chi connectivity index (χ2n) is 6.91. The zero-order valence-corrected chi connectivity index (χ0v) is 20.8. The maximum absolute atomic E-state index is 3.75. The summed E-state index contributed by atoms with van der Waals surface area (Å²) >= 11 is 0. The molecule has 0 radical (unpaired) electrons. The lowest BCUT2D eigenvalue weighted by Crippen LogP contribution is -1.79. The van der Waals surface area contributed by atoms with E-state index in [2.05, 4.69) is 78.1 Å². The molecular formula is C28H48. The van der Waals surface area contributed by atoms with E-state index in [0.717, 1.165) is 17.4 Å². The van der Waals surface area contributed by atoms with Crippen molar-refractivity contribution in [3.05, 3.63) is 83.5 Å². The molecule has 1 aliphatic rings. The van der Waals surface area contributed by atoms with Crippen molar-refractivity contribution < 1.29 is 0 Å². The summed E-state index contributed by atoms with van der Waals surface area (Å²) < 4.78 is 0. The molecule has 0 spiro atoms. The summed E-state index contributed by atoms with van der Waals surface area (Å²) in [4.78, 5) is 0. The van der Waals surface area contributed by atoms with Crippen molar-refractivity contribution in [2.45, 2.75) is 82.6 Å². The minimum absolute atomic E-state index is 0.866. The van der Waals surface area contributed by atoms with Crippen molar-refractivity contribution in [2.75, 3.05) is 0 Å². The fourth-order valence-electron chi connectivity index (χ4n) is 1.94. The molecule has 0 aliphatic heterocycles. The van der Waals surface area contributed by atoms with Crippen molar-refractivity contribution in [3.8, 4) is 0 Å². The molecule has 2 unspecified atom stereocenters. The summed E-state index contributed by atoms with van der Waals surface area (Å²) in [7, 11) is 0. The van der Waals surface area contributed by atoms with Crippen molar-refractivity contribution >= 4 is 0 Å². The Hall–Kier alpha value is -1.82. The molecule has 28 heavy (non-hydrogen) atoms. The molecule has 0 saturated heterocycles. The highest BCUT2D eigenvalue weighted by Crippen LogP contribution is 2.37. The van der Waals surface area contributed by atoms with Gasteiger partial charge in [0.15, 0.2) is 0 Å². The molecule has 0 bridgehead atoms. The van der Waals surface area contributed by atoms with E-state index in [1.807, 2.05) is 53.7 Å². The van der Waals surface area contributed by atoms with E-state index in [1.165, 1.54) is 28.7 Å². The van der Waals surface area contributed by atoms with Crippen LogP contribution in [0.4, 0.5) is 0 Å². The van der Waals surface area contributed by atoms with Crippen molar-refractivity contribution in [2.24, 2.45) is 11.8 Å². The van der Waals surface area contributed by atoms with Gasteiger partial charge >= 0.3 is 0 Å². The zero-order chi connectivity index (χ0) is 22.7. The van der Waals surface area contributed by atoms with Gasteiger partial charge in [0.05, 0.1) is 0 Å². The number of allylic oxidation sites excluding steroid dienone is 6. The van der Waals surface area contributed by atoms with Gasteiger partial charge in [0.25, 0.3) is 0 Å². The predicted octanol–water partition coefficient (Wildman–Crippen LogP) is 9.58. The predicted molar refractivity (Wildman–Crippen MR) is 134 cm³/mol. The SMILES string of the molecule is C=C(C)/C=C\C(C)=C/C.C=CC1CC1C.CC.CC.Cc1ccc(C)c(C)c1. The van der Waals surface area contributed by atoms with Gasteiger partial charge in [0.1, 0.15) is 0 Å².